The largest absolute Gasteiger partial charge is 0.483 e. The standard InChI is InChI=1S/C23H23FN4O4S/c1-15(13-31-2)28-20(14-32-19-10-6-5-9-18(19)24)25-26-23(28)33-12-11-27-21(29)16-7-3-4-8-17(16)22(27)30/h3-10,15H,11-14H2,1-2H3/t15-/m0/s1. The van der Waals surface area contributed by atoms with Crippen LogP contribution in [0.3, 0.4) is 0 Å². The Balaban J connectivity index is 1.44. The van der Waals surface area contributed by atoms with E-state index in [1.165, 1.54) is 22.7 Å². The van der Waals surface area contributed by atoms with Crippen LogP contribution < -0.4 is 4.74 Å². The number of nitrogens with zero attached hydrogens (tertiary/aromatic N) is 4. The molecule has 1 aliphatic rings. The van der Waals surface area contributed by atoms with Crippen molar-refractivity contribution in [3.63, 3.8) is 0 Å². The highest BCUT2D eigenvalue weighted by molar-refractivity contribution is 7.99. The Bertz CT molecular complexity index is 1130. The number of imide groups is 1. The van der Waals surface area contributed by atoms with Gasteiger partial charge in [-0.15, -0.1) is 10.2 Å². The summed E-state index contributed by atoms with van der Waals surface area (Å²) in [6.45, 7) is 2.63. The number of methoxy groups -OCH3 is 1. The molecule has 0 fully saturated rings. The number of thioether (sulfide) groups is 1. The fraction of sp³-hybridized carbons (Fsp3) is 0.304. The molecule has 1 atom stereocenters. The first-order valence-corrected chi connectivity index (χ1v) is 11.4. The number of carbonyl (C=O) groups excluding carboxylic acids is 2. The van der Waals surface area contributed by atoms with E-state index in [2.05, 4.69) is 10.2 Å². The van der Waals surface area contributed by atoms with Gasteiger partial charge < -0.3 is 9.47 Å². The van der Waals surface area contributed by atoms with E-state index in [9.17, 15) is 14.0 Å². The van der Waals surface area contributed by atoms with Crippen molar-refractivity contribution in [1.82, 2.24) is 19.7 Å². The van der Waals surface area contributed by atoms with E-state index in [-0.39, 0.29) is 36.8 Å². The lowest BCUT2D eigenvalue weighted by atomic mass is 10.1. The smallest absolute Gasteiger partial charge is 0.261 e. The topological polar surface area (TPSA) is 86.6 Å². The highest BCUT2D eigenvalue weighted by Gasteiger charge is 2.34. The average molecular weight is 471 g/mol. The van der Waals surface area contributed by atoms with E-state index in [0.29, 0.717) is 34.5 Å². The van der Waals surface area contributed by atoms with Gasteiger partial charge in [-0.05, 0) is 31.2 Å². The van der Waals surface area contributed by atoms with E-state index in [1.54, 1.807) is 49.6 Å². The van der Waals surface area contributed by atoms with Gasteiger partial charge in [-0.2, -0.15) is 0 Å². The third-order valence-corrected chi connectivity index (χ3v) is 6.12. The highest BCUT2D eigenvalue weighted by atomic mass is 32.2. The van der Waals surface area contributed by atoms with Crippen molar-refractivity contribution in [1.29, 1.82) is 0 Å². The van der Waals surface area contributed by atoms with Gasteiger partial charge in [-0.1, -0.05) is 36.0 Å². The first kappa shape index (κ1) is 22.9. The van der Waals surface area contributed by atoms with Gasteiger partial charge >= 0.3 is 0 Å². The van der Waals surface area contributed by atoms with Crippen molar-refractivity contribution in [2.45, 2.75) is 24.7 Å². The molecule has 10 heteroatoms. The molecule has 33 heavy (non-hydrogen) atoms. The molecule has 0 saturated carbocycles. The van der Waals surface area contributed by atoms with Crippen molar-refractivity contribution in [3.8, 4) is 5.75 Å². The molecule has 0 N–H and O–H groups in total. The van der Waals surface area contributed by atoms with Crippen molar-refractivity contribution in [3.05, 3.63) is 71.3 Å². The Labute approximate surface area is 194 Å². The number of amides is 2. The fourth-order valence-electron chi connectivity index (χ4n) is 3.64. The molecule has 0 bridgehead atoms. The van der Waals surface area contributed by atoms with Gasteiger partial charge in [0.15, 0.2) is 22.5 Å². The first-order chi connectivity index (χ1) is 16.0. The molecule has 0 aliphatic carbocycles. The van der Waals surface area contributed by atoms with E-state index in [0.717, 1.165) is 0 Å². The van der Waals surface area contributed by atoms with Gasteiger partial charge in [-0.3, -0.25) is 19.1 Å². The number of benzene rings is 2. The minimum atomic E-state index is -0.455. The van der Waals surface area contributed by atoms with E-state index in [1.807, 2.05) is 11.5 Å². The first-order valence-electron chi connectivity index (χ1n) is 10.4. The number of para-hydroxylation sites is 1. The third-order valence-electron chi connectivity index (χ3n) is 5.20. The van der Waals surface area contributed by atoms with Crippen molar-refractivity contribution < 1.29 is 23.5 Å². The molecule has 8 nitrogen and oxygen atoms in total. The van der Waals surface area contributed by atoms with Crippen molar-refractivity contribution in [2.24, 2.45) is 0 Å². The monoisotopic (exact) mass is 470 g/mol. The summed E-state index contributed by atoms with van der Waals surface area (Å²) in [4.78, 5) is 26.4. The van der Waals surface area contributed by atoms with Crippen LogP contribution in [0.25, 0.3) is 0 Å². The highest BCUT2D eigenvalue weighted by Crippen LogP contribution is 2.26. The van der Waals surface area contributed by atoms with E-state index in [4.69, 9.17) is 9.47 Å². The molecule has 0 radical (unpaired) electrons. The molecule has 3 aromatic rings. The summed E-state index contributed by atoms with van der Waals surface area (Å²) in [5.41, 5.74) is 0.855. The molecule has 172 valence electrons. The molecule has 2 heterocycles. The zero-order chi connectivity index (χ0) is 23.4. The Morgan fingerprint density at radius 2 is 1.70 bits per heavy atom. The Hall–Kier alpha value is -3.24. The minimum absolute atomic E-state index is 0.0287. The summed E-state index contributed by atoms with van der Waals surface area (Å²) in [7, 11) is 1.60. The van der Waals surface area contributed by atoms with Crippen molar-refractivity contribution >= 4 is 23.6 Å². The lowest BCUT2D eigenvalue weighted by Crippen LogP contribution is -2.31. The van der Waals surface area contributed by atoms with Gasteiger partial charge in [0.2, 0.25) is 0 Å². The lowest BCUT2D eigenvalue weighted by Gasteiger charge is -2.18. The minimum Gasteiger partial charge on any atom is -0.483 e. The summed E-state index contributed by atoms with van der Waals surface area (Å²) in [5, 5.41) is 9.07. The molecule has 1 aromatic heterocycles. The van der Waals surface area contributed by atoms with Crippen LogP contribution in [0.15, 0.2) is 53.7 Å². The molecule has 2 aromatic carbocycles. The van der Waals surface area contributed by atoms with E-state index < -0.39 is 5.82 Å². The van der Waals surface area contributed by atoms with Crippen LogP contribution in [-0.4, -0.2) is 57.5 Å². The number of halogens is 1. The number of ether oxygens (including phenoxy) is 2. The van der Waals surface area contributed by atoms with Crippen LogP contribution in [0.4, 0.5) is 4.39 Å². The van der Waals surface area contributed by atoms with Crippen LogP contribution >= 0.6 is 11.8 Å². The van der Waals surface area contributed by atoms with Gasteiger partial charge in [-0.25, -0.2) is 4.39 Å². The summed E-state index contributed by atoms with van der Waals surface area (Å²) in [5.74, 6) is 0.0624. The fourth-order valence-corrected chi connectivity index (χ4v) is 4.62. The maximum Gasteiger partial charge on any atom is 0.261 e. The molecule has 4 rings (SSSR count). The second-order valence-electron chi connectivity index (χ2n) is 7.45. The van der Waals surface area contributed by atoms with Gasteiger partial charge in [0.1, 0.15) is 6.61 Å². The van der Waals surface area contributed by atoms with Gasteiger partial charge in [0, 0.05) is 19.4 Å². The van der Waals surface area contributed by atoms with Crippen molar-refractivity contribution in [2.75, 3.05) is 26.0 Å². The number of rotatable bonds is 10. The second-order valence-corrected chi connectivity index (χ2v) is 8.51. The summed E-state index contributed by atoms with van der Waals surface area (Å²) in [6.07, 6.45) is 0. The number of hydrogen-bond donors (Lipinski definition) is 0. The summed E-state index contributed by atoms with van der Waals surface area (Å²) >= 11 is 1.37. The van der Waals surface area contributed by atoms with Crippen LogP contribution in [0.1, 0.15) is 39.5 Å². The normalized spacial score (nSPS) is 14.0. The molecular weight excluding hydrogens is 447 g/mol. The quantitative estimate of drug-likeness (QED) is 0.331. The summed E-state index contributed by atoms with van der Waals surface area (Å²) in [6, 6.07) is 12.9. The molecule has 0 saturated heterocycles. The number of fused-ring (bicyclic) bond motifs is 1. The maximum absolute atomic E-state index is 13.9. The van der Waals surface area contributed by atoms with E-state index >= 15 is 0 Å². The molecule has 1 aliphatic heterocycles. The molecular formula is C23H23FN4O4S. The Kier molecular flexibility index (Phi) is 7.05. The average Bonchev–Trinajstić information content (AvgIpc) is 3.33. The number of hydrogen-bond acceptors (Lipinski definition) is 7. The zero-order valence-corrected chi connectivity index (χ0v) is 19.0. The number of carbonyl (C=O) groups is 2. The maximum atomic E-state index is 13.9. The number of aromatic nitrogens is 3. The Morgan fingerprint density at radius 1 is 1.03 bits per heavy atom. The Morgan fingerprint density at radius 3 is 2.36 bits per heavy atom. The summed E-state index contributed by atoms with van der Waals surface area (Å²) < 4.78 is 26.7. The lowest BCUT2D eigenvalue weighted by molar-refractivity contribution is 0.0664. The van der Waals surface area contributed by atoms with Gasteiger partial charge in [0.25, 0.3) is 11.8 Å². The molecule has 0 unspecified atom stereocenters. The zero-order valence-electron chi connectivity index (χ0n) is 18.2. The second kappa shape index (κ2) is 10.1. The van der Waals surface area contributed by atoms with Gasteiger partial charge in [0.05, 0.1) is 23.8 Å². The molecule has 2 amide bonds. The van der Waals surface area contributed by atoms with Crippen LogP contribution in [0.5, 0.6) is 5.75 Å². The third kappa shape index (κ3) is 4.76. The van der Waals surface area contributed by atoms with Crippen LogP contribution in [0.2, 0.25) is 0 Å². The molecule has 0 spiro atoms. The van der Waals surface area contributed by atoms with Crippen LogP contribution in [-0.2, 0) is 11.3 Å². The SMILES string of the molecule is COC[C@H](C)n1c(COc2ccccc2F)nnc1SCCN1C(=O)c2ccccc2C1=O. The predicted octanol–water partition coefficient (Wildman–Crippen LogP) is 3.59. The predicted molar refractivity (Wildman–Crippen MR) is 120 cm³/mol. The van der Waals surface area contributed by atoms with Crippen LogP contribution in [0, 0.1) is 5.82 Å².